The van der Waals surface area contributed by atoms with Gasteiger partial charge in [-0.1, -0.05) is 11.6 Å². The van der Waals surface area contributed by atoms with Gasteiger partial charge in [-0.2, -0.15) is 0 Å². The molecular weight excluding hydrogens is 515 g/mol. The highest BCUT2D eigenvalue weighted by atomic mass is 35.5. The van der Waals surface area contributed by atoms with Crippen molar-refractivity contribution in [1.82, 2.24) is 9.97 Å². The van der Waals surface area contributed by atoms with Crippen molar-refractivity contribution in [3.63, 3.8) is 0 Å². The van der Waals surface area contributed by atoms with Gasteiger partial charge >= 0.3 is 0 Å². The van der Waals surface area contributed by atoms with E-state index in [1.54, 1.807) is 24.4 Å². The Morgan fingerprint density at radius 3 is 2.37 bits per heavy atom. The number of amides is 2. The van der Waals surface area contributed by atoms with Crippen LogP contribution in [0.3, 0.4) is 0 Å². The summed E-state index contributed by atoms with van der Waals surface area (Å²) in [4.78, 5) is 34.3. The highest BCUT2D eigenvalue weighted by molar-refractivity contribution is 6.32. The van der Waals surface area contributed by atoms with E-state index < -0.39 is 23.0 Å². The molecule has 2 aromatic heterocycles. The smallest absolute Gasteiger partial charge is 0.240 e. The molecule has 3 N–H and O–H groups in total. The van der Waals surface area contributed by atoms with E-state index in [4.69, 9.17) is 21.1 Å². The quantitative estimate of drug-likeness (QED) is 0.269. The molecule has 2 aromatic carbocycles. The maximum absolute atomic E-state index is 13.1. The number of aromatic nitrogens is 2. The first-order valence-electron chi connectivity index (χ1n) is 11.6. The number of fused-ring (bicyclic) bond motifs is 1. The Morgan fingerprint density at radius 1 is 1.03 bits per heavy atom. The summed E-state index contributed by atoms with van der Waals surface area (Å²) in [7, 11) is 1.51. The first-order chi connectivity index (χ1) is 18.3. The molecule has 0 atom stereocenters. The Labute approximate surface area is 221 Å². The number of anilines is 2. The van der Waals surface area contributed by atoms with Crippen molar-refractivity contribution >= 4 is 45.7 Å². The van der Waals surface area contributed by atoms with Gasteiger partial charge in [-0.05, 0) is 55.3 Å². The first kappa shape index (κ1) is 25.4. The first-order valence-corrected chi connectivity index (χ1v) is 12.0. The Kier molecular flexibility index (Phi) is 6.83. The summed E-state index contributed by atoms with van der Waals surface area (Å²) in [6.45, 7) is -0.232. The second-order valence-electron chi connectivity index (χ2n) is 8.76. The third-order valence-electron chi connectivity index (χ3n) is 6.27. The lowest BCUT2D eigenvalue weighted by molar-refractivity contribution is -0.131. The Morgan fingerprint density at radius 2 is 1.74 bits per heavy atom. The molecule has 0 spiro atoms. The van der Waals surface area contributed by atoms with Gasteiger partial charge < -0.3 is 25.2 Å². The normalized spacial score (nSPS) is 13.6. The third-order valence-corrected chi connectivity index (χ3v) is 6.54. The largest absolute Gasteiger partial charge is 0.496 e. The van der Waals surface area contributed by atoms with Crippen LogP contribution in [0.15, 0.2) is 60.9 Å². The molecule has 0 saturated heterocycles. The molecule has 1 saturated carbocycles. The summed E-state index contributed by atoms with van der Waals surface area (Å²) >= 11 is 6.41. The van der Waals surface area contributed by atoms with Crippen LogP contribution >= 0.6 is 11.6 Å². The second-order valence-corrected chi connectivity index (χ2v) is 9.17. The number of nitrogens with zero attached hydrogens (tertiary/aromatic N) is 2. The van der Waals surface area contributed by atoms with Gasteiger partial charge in [-0.15, -0.1) is 0 Å². The molecule has 0 unspecified atom stereocenters. The maximum Gasteiger partial charge on any atom is 0.240 e. The van der Waals surface area contributed by atoms with Crippen LogP contribution < -0.4 is 20.1 Å². The van der Waals surface area contributed by atoms with Gasteiger partial charge in [-0.3, -0.25) is 14.6 Å². The maximum atomic E-state index is 13.1. The van der Waals surface area contributed by atoms with Crippen LogP contribution in [0.2, 0.25) is 5.02 Å². The number of aliphatic hydroxyl groups is 1. The minimum Gasteiger partial charge on any atom is -0.496 e. The summed E-state index contributed by atoms with van der Waals surface area (Å²) < 4.78 is 24.4. The molecule has 0 radical (unpaired) electrons. The fraction of sp³-hybridized carbons (Fsp3) is 0.185. The van der Waals surface area contributed by atoms with Crippen molar-refractivity contribution in [2.45, 2.75) is 19.4 Å². The molecule has 9 nitrogen and oxygen atoms in total. The Hall–Kier alpha value is -4.28. The fourth-order valence-corrected chi connectivity index (χ4v) is 4.19. The van der Waals surface area contributed by atoms with E-state index in [0.29, 0.717) is 52.2 Å². The van der Waals surface area contributed by atoms with E-state index in [0.717, 1.165) is 0 Å². The van der Waals surface area contributed by atoms with Gasteiger partial charge in [0.2, 0.25) is 17.7 Å². The van der Waals surface area contributed by atoms with Gasteiger partial charge in [0, 0.05) is 28.9 Å². The predicted molar refractivity (Wildman–Crippen MR) is 139 cm³/mol. The lowest BCUT2D eigenvalue weighted by Gasteiger charge is -2.16. The lowest BCUT2D eigenvalue weighted by Crippen LogP contribution is -2.35. The predicted octanol–water partition coefficient (Wildman–Crippen LogP) is 5.07. The van der Waals surface area contributed by atoms with Crippen LogP contribution in [0.25, 0.3) is 10.9 Å². The number of benzene rings is 2. The van der Waals surface area contributed by atoms with Crippen LogP contribution in [0.1, 0.15) is 18.4 Å². The SMILES string of the molecule is COc1cc2nccc(Oc3ncc(NC(=O)C4(C(=O)Nc5ccc(F)cc5)CC4)cc3Cl)c2cc1CO. The number of halogens is 2. The molecule has 5 rings (SSSR count). The topological polar surface area (TPSA) is 123 Å². The number of rotatable bonds is 8. The van der Waals surface area contributed by atoms with Crippen molar-refractivity contribution < 1.29 is 28.6 Å². The van der Waals surface area contributed by atoms with Crippen molar-refractivity contribution in [2.75, 3.05) is 17.7 Å². The van der Waals surface area contributed by atoms with Gasteiger partial charge in [0.05, 0.1) is 31.1 Å². The van der Waals surface area contributed by atoms with Crippen LogP contribution in [0, 0.1) is 11.2 Å². The molecule has 0 aliphatic heterocycles. The highest BCUT2D eigenvalue weighted by Crippen LogP contribution is 2.47. The van der Waals surface area contributed by atoms with Gasteiger partial charge in [0.1, 0.15) is 27.8 Å². The number of nitrogens with one attached hydrogen (secondary N) is 2. The number of methoxy groups -OCH3 is 1. The van der Waals surface area contributed by atoms with Gasteiger partial charge in [0.15, 0.2) is 0 Å². The average molecular weight is 537 g/mol. The minimum absolute atomic E-state index is 0.0914. The molecule has 1 fully saturated rings. The zero-order chi connectivity index (χ0) is 26.9. The monoisotopic (exact) mass is 536 g/mol. The zero-order valence-corrected chi connectivity index (χ0v) is 20.9. The van der Waals surface area contributed by atoms with E-state index in [9.17, 15) is 19.1 Å². The Bertz CT molecular complexity index is 1540. The highest BCUT2D eigenvalue weighted by Gasteiger charge is 2.56. The van der Waals surface area contributed by atoms with Crippen molar-refractivity contribution in [2.24, 2.45) is 5.41 Å². The van der Waals surface area contributed by atoms with Gasteiger partial charge in [0.25, 0.3) is 0 Å². The summed E-state index contributed by atoms with van der Waals surface area (Å²) in [5.41, 5.74) is 0.616. The van der Waals surface area contributed by atoms with E-state index >= 15 is 0 Å². The van der Waals surface area contributed by atoms with Crippen molar-refractivity contribution in [1.29, 1.82) is 0 Å². The third kappa shape index (κ3) is 4.96. The summed E-state index contributed by atoms with van der Waals surface area (Å²) in [5.74, 6) is -0.383. The van der Waals surface area contributed by atoms with E-state index in [2.05, 4.69) is 20.6 Å². The number of carbonyl (C=O) groups is 2. The number of hydrogen-bond acceptors (Lipinski definition) is 7. The zero-order valence-electron chi connectivity index (χ0n) is 20.1. The van der Waals surface area contributed by atoms with Crippen LogP contribution in [0.5, 0.6) is 17.4 Å². The fourth-order valence-electron chi connectivity index (χ4n) is 3.99. The molecule has 11 heteroatoms. The summed E-state index contributed by atoms with van der Waals surface area (Å²) in [6.07, 6.45) is 3.69. The minimum atomic E-state index is -1.22. The average Bonchev–Trinajstić information content (AvgIpc) is 3.73. The molecule has 194 valence electrons. The van der Waals surface area contributed by atoms with E-state index in [1.165, 1.54) is 43.6 Å². The molecule has 0 bridgehead atoms. The summed E-state index contributed by atoms with van der Waals surface area (Å²) in [5, 5.41) is 15.8. The van der Waals surface area contributed by atoms with Crippen molar-refractivity contribution in [3.05, 3.63) is 77.3 Å². The van der Waals surface area contributed by atoms with Crippen LogP contribution in [0.4, 0.5) is 15.8 Å². The molecule has 4 aromatic rings. The van der Waals surface area contributed by atoms with Crippen LogP contribution in [-0.4, -0.2) is 34.0 Å². The molecular formula is C27H22ClFN4O5. The van der Waals surface area contributed by atoms with Gasteiger partial charge in [-0.25, -0.2) is 9.37 Å². The number of ether oxygens (including phenoxy) is 2. The summed E-state index contributed by atoms with van der Waals surface area (Å²) in [6, 6.07) is 11.8. The molecule has 2 amide bonds. The van der Waals surface area contributed by atoms with Crippen LogP contribution in [-0.2, 0) is 16.2 Å². The number of aliphatic hydroxyl groups excluding tert-OH is 1. The standard InChI is InChI=1S/C27H22ClFN4O5/c1-37-23-12-21-19(10-15(23)14-34)22(6-9-30-21)38-24-20(28)11-18(13-31-24)33-26(36)27(7-8-27)25(35)32-17-4-2-16(29)3-5-17/h2-6,9-13,34H,7-8,14H2,1H3,(H,32,35)(H,33,36). The molecule has 1 aliphatic carbocycles. The number of carbonyl (C=O) groups excluding carboxylic acids is 2. The molecule has 2 heterocycles. The number of pyridine rings is 2. The lowest BCUT2D eigenvalue weighted by atomic mass is 10.0. The number of hydrogen-bond donors (Lipinski definition) is 3. The van der Waals surface area contributed by atoms with E-state index in [-0.39, 0.29) is 17.5 Å². The Balaban J connectivity index is 1.31. The van der Waals surface area contributed by atoms with Crippen molar-refractivity contribution in [3.8, 4) is 17.4 Å². The van der Waals surface area contributed by atoms with E-state index in [1.807, 2.05) is 0 Å². The molecule has 1 aliphatic rings. The molecule has 38 heavy (non-hydrogen) atoms. The second kappa shape index (κ2) is 10.2.